The predicted octanol–water partition coefficient (Wildman–Crippen LogP) is 3.23. The monoisotopic (exact) mass is 314 g/mol. The molecule has 3 rings (SSSR count). The van der Waals surface area contributed by atoms with E-state index in [1.807, 2.05) is 12.1 Å². The van der Waals surface area contributed by atoms with Crippen molar-refractivity contribution in [1.82, 2.24) is 9.97 Å². The summed E-state index contributed by atoms with van der Waals surface area (Å²) in [4.78, 5) is 7.70. The van der Waals surface area contributed by atoms with Crippen molar-refractivity contribution in [2.45, 2.75) is 25.7 Å². The molecule has 0 fully saturated rings. The maximum atomic E-state index is 9.46. The van der Waals surface area contributed by atoms with Crippen LogP contribution in [0.4, 0.5) is 0 Å². The number of rotatable bonds is 3. The summed E-state index contributed by atoms with van der Waals surface area (Å²) in [5.41, 5.74) is 7.95. The Morgan fingerprint density at radius 2 is 2.14 bits per heavy atom. The second-order valence-corrected chi connectivity index (χ2v) is 5.57. The Hall–Kier alpha value is -2.45. The molecule has 1 aliphatic rings. The van der Waals surface area contributed by atoms with Gasteiger partial charge in [-0.15, -0.1) is 0 Å². The molecule has 1 aromatic heterocycles. The number of aryl methyl sites for hydroxylation is 1. The average molecular weight is 315 g/mol. The molecule has 1 unspecified atom stereocenters. The van der Waals surface area contributed by atoms with Gasteiger partial charge in [-0.05, 0) is 24.1 Å². The summed E-state index contributed by atoms with van der Waals surface area (Å²) in [7, 11) is 0. The first kappa shape index (κ1) is 14.5. The largest absolute Gasteiger partial charge is 0.420 e. The molecule has 2 aromatic rings. The molecular weight excluding hydrogens is 300 g/mol. The van der Waals surface area contributed by atoms with Gasteiger partial charge >= 0.3 is 0 Å². The lowest BCUT2D eigenvalue weighted by molar-refractivity contribution is 0.379. The molecule has 1 aromatic carbocycles. The van der Waals surface area contributed by atoms with E-state index in [4.69, 9.17) is 22.1 Å². The van der Waals surface area contributed by atoms with Gasteiger partial charge in [-0.2, -0.15) is 10.2 Å². The Morgan fingerprint density at radius 3 is 2.77 bits per heavy atom. The summed E-state index contributed by atoms with van der Waals surface area (Å²) < 4.78 is 5.50. The quantitative estimate of drug-likeness (QED) is 0.910. The van der Waals surface area contributed by atoms with Crippen LogP contribution in [-0.4, -0.2) is 9.97 Å². The van der Waals surface area contributed by atoms with Crippen molar-refractivity contribution in [2.24, 2.45) is 5.73 Å². The van der Waals surface area contributed by atoms with E-state index in [9.17, 15) is 5.26 Å². The maximum Gasteiger partial charge on any atom is 0.243 e. The highest BCUT2D eigenvalue weighted by molar-refractivity contribution is 6.30. The number of ether oxygens (including phenoxy) is 1. The molecule has 22 heavy (non-hydrogen) atoms. The van der Waals surface area contributed by atoms with E-state index in [-0.39, 0.29) is 11.8 Å². The fraction of sp³-hybridized carbons (Fsp3) is 0.250. The lowest BCUT2D eigenvalue weighted by atomic mass is 9.88. The zero-order valence-corrected chi connectivity index (χ0v) is 12.8. The Labute approximate surface area is 133 Å². The Morgan fingerprint density at radius 1 is 1.41 bits per heavy atom. The molecule has 0 bridgehead atoms. The number of nitrogens with one attached hydrogen (secondary N) is 1. The van der Waals surface area contributed by atoms with Crippen LogP contribution in [0.25, 0.3) is 0 Å². The van der Waals surface area contributed by atoms with Crippen LogP contribution in [0.3, 0.4) is 0 Å². The Bertz CT molecular complexity index is 770. The number of allylic oxidation sites excluding steroid dienone is 1. The summed E-state index contributed by atoms with van der Waals surface area (Å²) >= 11 is 5.95. The van der Waals surface area contributed by atoms with Crippen LogP contribution in [0, 0.1) is 11.3 Å². The molecular formula is C16H15ClN4O. The van der Waals surface area contributed by atoms with E-state index >= 15 is 0 Å². The number of halogens is 1. The van der Waals surface area contributed by atoms with Gasteiger partial charge in [0.1, 0.15) is 17.5 Å². The van der Waals surface area contributed by atoms with Gasteiger partial charge in [-0.1, -0.05) is 30.7 Å². The topological polar surface area (TPSA) is 87.7 Å². The maximum absolute atomic E-state index is 9.46. The molecule has 0 saturated heterocycles. The molecule has 6 heteroatoms. The SMILES string of the molecule is CCCc1nc2c([nH]1)C(c1ccc(Cl)cc1)C(C#N)=C(N)O2. The minimum atomic E-state index is -0.316. The van der Waals surface area contributed by atoms with E-state index in [1.54, 1.807) is 12.1 Å². The highest BCUT2D eigenvalue weighted by atomic mass is 35.5. The molecule has 112 valence electrons. The average Bonchev–Trinajstić information content (AvgIpc) is 2.89. The molecule has 2 heterocycles. The molecule has 0 spiro atoms. The normalized spacial score (nSPS) is 16.9. The number of nitriles is 1. The molecule has 1 aliphatic heterocycles. The lowest BCUT2D eigenvalue weighted by Crippen LogP contribution is -2.21. The summed E-state index contributed by atoms with van der Waals surface area (Å²) in [6.45, 7) is 2.08. The standard InChI is InChI=1S/C16H15ClN4O/c1-2-3-12-20-14-13(9-4-6-10(17)7-5-9)11(8-18)15(19)22-16(14)21-12/h4-7,13H,2-3,19H2,1H3,(H,20,21). The van der Waals surface area contributed by atoms with E-state index in [0.717, 1.165) is 29.9 Å². The summed E-state index contributed by atoms with van der Waals surface area (Å²) in [5, 5.41) is 10.1. The van der Waals surface area contributed by atoms with Gasteiger partial charge < -0.3 is 15.5 Å². The minimum absolute atomic E-state index is 0.101. The van der Waals surface area contributed by atoms with Crippen LogP contribution in [0.15, 0.2) is 35.7 Å². The van der Waals surface area contributed by atoms with Crippen LogP contribution >= 0.6 is 11.6 Å². The second-order valence-electron chi connectivity index (χ2n) is 5.13. The lowest BCUT2D eigenvalue weighted by Gasteiger charge is -2.22. The van der Waals surface area contributed by atoms with E-state index in [1.165, 1.54) is 0 Å². The number of fused-ring (bicyclic) bond motifs is 1. The van der Waals surface area contributed by atoms with Gasteiger partial charge in [0.05, 0.1) is 11.6 Å². The molecule has 0 amide bonds. The summed E-state index contributed by atoms with van der Waals surface area (Å²) in [6.07, 6.45) is 1.78. The second kappa shape index (κ2) is 5.74. The van der Waals surface area contributed by atoms with Crippen molar-refractivity contribution < 1.29 is 4.74 Å². The molecule has 1 atom stereocenters. The van der Waals surface area contributed by atoms with Crippen molar-refractivity contribution in [1.29, 1.82) is 5.26 Å². The van der Waals surface area contributed by atoms with Gasteiger partial charge in [-0.25, -0.2) is 0 Å². The number of imidazole rings is 1. The van der Waals surface area contributed by atoms with Crippen LogP contribution in [0.5, 0.6) is 5.88 Å². The minimum Gasteiger partial charge on any atom is -0.420 e. The van der Waals surface area contributed by atoms with Crippen LogP contribution in [0.1, 0.15) is 36.3 Å². The molecule has 5 nitrogen and oxygen atoms in total. The number of nitrogens with zero attached hydrogens (tertiary/aromatic N) is 2. The van der Waals surface area contributed by atoms with Crippen molar-refractivity contribution in [3.63, 3.8) is 0 Å². The first-order chi connectivity index (χ1) is 10.6. The van der Waals surface area contributed by atoms with Crippen molar-refractivity contribution in [3.8, 4) is 11.9 Å². The number of H-pyrrole nitrogens is 1. The number of aromatic nitrogens is 2. The third kappa shape index (κ3) is 2.42. The van der Waals surface area contributed by atoms with Crippen LogP contribution < -0.4 is 10.5 Å². The third-order valence-electron chi connectivity index (χ3n) is 3.61. The summed E-state index contributed by atoms with van der Waals surface area (Å²) in [6, 6.07) is 9.50. The molecule has 3 N–H and O–H groups in total. The van der Waals surface area contributed by atoms with Crippen molar-refractivity contribution in [2.75, 3.05) is 0 Å². The fourth-order valence-corrected chi connectivity index (χ4v) is 2.73. The zero-order chi connectivity index (χ0) is 15.7. The van der Waals surface area contributed by atoms with E-state index in [0.29, 0.717) is 16.5 Å². The first-order valence-corrected chi connectivity index (χ1v) is 7.43. The molecule has 0 aliphatic carbocycles. The van der Waals surface area contributed by atoms with Crippen molar-refractivity contribution >= 4 is 11.6 Å². The van der Waals surface area contributed by atoms with Gasteiger partial charge in [0.15, 0.2) is 0 Å². The number of hydrogen-bond donors (Lipinski definition) is 2. The molecule has 0 saturated carbocycles. The number of hydrogen-bond acceptors (Lipinski definition) is 4. The highest BCUT2D eigenvalue weighted by Gasteiger charge is 2.33. The fourth-order valence-electron chi connectivity index (χ4n) is 2.60. The number of aromatic amines is 1. The molecule has 0 radical (unpaired) electrons. The van der Waals surface area contributed by atoms with Crippen molar-refractivity contribution in [3.05, 3.63) is 57.8 Å². The number of nitrogens with two attached hydrogens (primary N) is 1. The zero-order valence-electron chi connectivity index (χ0n) is 12.1. The Kier molecular flexibility index (Phi) is 3.78. The predicted molar refractivity (Wildman–Crippen MR) is 83.3 cm³/mol. The highest BCUT2D eigenvalue weighted by Crippen LogP contribution is 2.40. The van der Waals surface area contributed by atoms with Crippen LogP contribution in [0.2, 0.25) is 5.02 Å². The van der Waals surface area contributed by atoms with Gasteiger partial charge in [0.2, 0.25) is 11.8 Å². The third-order valence-corrected chi connectivity index (χ3v) is 3.86. The smallest absolute Gasteiger partial charge is 0.243 e. The van der Waals surface area contributed by atoms with E-state index < -0.39 is 0 Å². The van der Waals surface area contributed by atoms with Crippen LogP contribution in [-0.2, 0) is 6.42 Å². The first-order valence-electron chi connectivity index (χ1n) is 7.05. The van der Waals surface area contributed by atoms with Gasteiger partial charge in [-0.3, -0.25) is 0 Å². The van der Waals surface area contributed by atoms with E-state index in [2.05, 4.69) is 23.0 Å². The van der Waals surface area contributed by atoms with Gasteiger partial charge in [0.25, 0.3) is 0 Å². The van der Waals surface area contributed by atoms with Gasteiger partial charge in [0, 0.05) is 11.4 Å². The summed E-state index contributed by atoms with van der Waals surface area (Å²) in [5.74, 6) is 1.06. The number of benzene rings is 1. The Balaban J connectivity index is 2.13.